The average Bonchev–Trinajstić information content (AvgIpc) is 3.16. The predicted octanol–water partition coefficient (Wildman–Crippen LogP) is 6.07. The number of allylic oxidation sites excluding steroid dienone is 1. The standard InChI is InChI=1S/C24H31NO/c1-17(2)21-11-7-8-12-22(21)23-16-19(15-18(3)25-4)13-14-24(23)26-20-9-5-6-10-20/h7-8,11-14,16-17,20,25H,3,5-6,9-10,15H2,1-2,4H3. The van der Waals surface area contributed by atoms with Crippen LogP contribution in [0.2, 0.25) is 0 Å². The van der Waals surface area contributed by atoms with Gasteiger partial charge in [0, 0.05) is 24.7 Å². The summed E-state index contributed by atoms with van der Waals surface area (Å²) < 4.78 is 6.44. The Bertz CT molecular complexity index is 757. The Kier molecular flexibility index (Phi) is 6.03. The molecule has 0 saturated heterocycles. The van der Waals surface area contributed by atoms with Crippen molar-refractivity contribution in [2.24, 2.45) is 0 Å². The minimum atomic E-state index is 0.359. The molecule has 0 bridgehead atoms. The van der Waals surface area contributed by atoms with Gasteiger partial charge in [0.05, 0.1) is 6.10 Å². The Balaban J connectivity index is 2.03. The smallest absolute Gasteiger partial charge is 0.127 e. The highest BCUT2D eigenvalue weighted by atomic mass is 16.5. The van der Waals surface area contributed by atoms with E-state index in [1.165, 1.54) is 47.9 Å². The molecule has 2 aromatic carbocycles. The molecule has 2 heteroatoms. The normalized spacial score (nSPS) is 14.6. The highest BCUT2D eigenvalue weighted by Crippen LogP contribution is 2.38. The molecule has 26 heavy (non-hydrogen) atoms. The highest BCUT2D eigenvalue weighted by Gasteiger charge is 2.20. The molecule has 2 aromatic rings. The van der Waals surface area contributed by atoms with Gasteiger partial charge in [0.25, 0.3) is 0 Å². The van der Waals surface area contributed by atoms with Crippen LogP contribution in [0, 0.1) is 0 Å². The number of ether oxygens (including phenoxy) is 1. The van der Waals surface area contributed by atoms with Crippen LogP contribution in [0.5, 0.6) is 5.75 Å². The van der Waals surface area contributed by atoms with Crippen molar-refractivity contribution >= 4 is 0 Å². The van der Waals surface area contributed by atoms with Crippen molar-refractivity contribution in [3.05, 3.63) is 65.9 Å². The monoisotopic (exact) mass is 349 g/mol. The molecule has 138 valence electrons. The summed E-state index contributed by atoms with van der Waals surface area (Å²) in [5, 5.41) is 3.15. The zero-order valence-electron chi connectivity index (χ0n) is 16.3. The first-order valence-electron chi connectivity index (χ1n) is 9.83. The molecule has 3 rings (SSSR count). The summed E-state index contributed by atoms with van der Waals surface area (Å²) in [6, 6.07) is 15.3. The van der Waals surface area contributed by atoms with Crippen molar-refractivity contribution in [1.82, 2.24) is 5.32 Å². The summed E-state index contributed by atoms with van der Waals surface area (Å²) in [4.78, 5) is 0. The van der Waals surface area contributed by atoms with Gasteiger partial charge in [0.15, 0.2) is 0 Å². The van der Waals surface area contributed by atoms with E-state index in [2.05, 4.69) is 68.2 Å². The van der Waals surface area contributed by atoms with Crippen LogP contribution in [-0.4, -0.2) is 13.2 Å². The molecule has 0 heterocycles. The minimum Gasteiger partial charge on any atom is -0.490 e. The number of rotatable bonds is 7. The fraction of sp³-hybridized carbons (Fsp3) is 0.417. The van der Waals surface area contributed by atoms with Crippen LogP contribution < -0.4 is 10.1 Å². The van der Waals surface area contributed by atoms with Crippen molar-refractivity contribution in [2.75, 3.05) is 7.05 Å². The molecular weight excluding hydrogens is 318 g/mol. The second-order valence-corrected chi connectivity index (χ2v) is 7.63. The maximum Gasteiger partial charge on any atom is 0.127 e. The summed E-state index contributed by atoms with van der Waals surface area (Å²) in [6.07, 6.45) is 6.09. The molecule has 0 spiro atoms. The number of benzene rings is 2. The van der Waals surface area contributed by atoms with E-state index in [1.807, 2.05) is 7.05 Å². The van der Waals surface area contributed by atoms with E-state index in [1.54, 1.807) is 0 Å². The van der Waals surface area contributed by atoms with Crippen LogP contribution in [0.1, 0.15) is 56.6 Å². The van der Waals surface area contributed by atoms with E-state index >= 15 is 0 Å². The highest BCUT2D eigenvalue weighted by molar-refractivity contribution is 5.74. The van der Waals surface area contributed by atoms with E-state index < -0.39 is 0 Å². The van der Waals surface area contributed by atoms with Crippen molar-refractivity contribution in [1.29, 1.82) is 0 Å². The fourth-order valence-corrected chi connectivity index (χ4v) is 3.77. The third-order valence-corrected chi connectivity index (χ3v) is 5.28. The molecule has 1 N–H and O–H groups in total. The molecule has 1 aliphatic rings. The van der Waals surface area contributed by atoms with Gasteiger partial charge in [0.2, 0.25) is 0 Å². The topological polar surface area (TPSA) is 21.3 Å². The molecule has 1 saturated carbocycles. The molecule has 1 aliphatic carbocycles. The predicted molar refractivity (Wildman–Crippen MR) is 111 cm³/mol. The van der Waals surface area contributed by atoms with Crippen LogP contribution in [0.25, 0.3) is 11.1 Å². The van der Waals surface area contributed by atoms with Crippen LogP contribution in [0.4, 0.5) is 0 Å². The van der Waals surface area contributed by atoms with E-state index in [0.29, 0.717) is 12.0 Å². The lowest BCUT2D eigenvalue weighted by Crippen LogP contribution is -2.12. The first-order valence-corrected chi connectivity index (χ1v) is 9.83. The molecule has 0 aliphatic heterocycles. The Hall–Kier alpha value is -2.22. The van der Waals surface area contributed by atoms with Crippen LogP contribution in [0.3, 0.4) is 0 Å². The van der Waals surface area contributed by atoms with Crippen LogP contribution in [-0.2, 0) is 6.42 Å². The summed E-state index contributed by atoms with van der Waals surface area (Å²) >= 11 is 0. The SMILES string of the molecule is C=C(Cc1ccc(OC2CCCC2)c(-c2ccccc2C(C)C)c1)NC. The van der Waals surface area contributed by atoms with Gasteiger partial charge in [0.1, 0.15) is 5.75 Å². The summed E-state index contributed by atoms with van der Waals surface area (Å²) in [5.74, 6) is 1.49. The van der Waals surface area contributed by atoms with E-state index in [0.717, 1.165) is 17.9 Å². The first-order chi connectivity index (χ1) is 12.6. The van der Waals surface area contributed by atoms with Crippen molar-refractivity contribution < 1.29 is 4.74 Å². The van der Waals surface area contributed by atoms with Gasteiger partial charge in [-0.25, -0.2) is 0 Å². The van der Waals surface area contributed by atoms with Gasteiger partial charge >= 0.3 is 0 Å². The molecule has 2 nitrogen and oxygen atoms in total. The maximum atomic E-state index is 6.44. The molecular formula is C24H31NO. The number of likely N-dealkylation sites (N-methyl/N-ethyl adjacent to an activating group) is 1. The quantitative estimate of drug-likeness (QED) is 0.654. The molecule has 0 radical (unpaired) electrons. The van der Waals surface area contributed by atoms with Gasteiger partial charge in [-0.2, -0.15) is 0 Å². The van der Waals surface area contributed by atoms with Crippen molar-refractivity contribution in [3.63, 3.8) is 0 Å². The number of hydrogen-bond donors (Lipinski definition) is 1. The molecule has 0 aromatic heterocycles. The Morgan fingerprint density at radius 1 is 1.12 bits per heavy atom. The maximum absolute atomic E-state index is 6.44. The summed E-state index contributed by atoms with van der Waals surface area (Å²) in [7, 11) is 1.93. The van der Waals surface area contributed by atoms with E-state index in [-0.39, 0.29) is 0 Å². The van der Waals surface area contributed by atoms with Gasteiger partial charge < -0.3 is 10.1 Å². The van der Waals surface area contributed by atoms with E-state index in [4.69, 9.17) is 4.74 Å². The number of nitrogens with one attached hydrogen (secondary N) is 1. The Morgan fingerprint density at radius 2 is 1.85 bits per heavy atom. The zero-order chi connectivity index (χ0) is 18.5. The molecule has 0 amide bonds. The van der Waals surface area contributed by atoms with Crippen molar-refractivity contribution in [2.45, 2.75) is 58.0 Å². The van der Waals surface area contributed by atoms with Crippen LogP contribution >= 0.6 is 0 Å². The Morgan fingerprint density at radius 3 is 2.54 bits per heavy atom. The summed E-state index contributed by atoms with van der Waals surface area (Å²) in [5.41, 5.74) is 6.15. The third kappa shape index (κ3) is 4.30. The van der Waals surface area contributed by atoms with Crippen LogP contribution in [0.15, 0.2) is 54.7 Å². The molecule has 1 fully saturated rings. The second-order valence-electron chi connectivity index (χ2n) is 7.63. The minimum absolute atomic E-state index is 0.359. The third-order valence-electron chi connectivity index (χ3n) is 5.28. The molecule has 0 atom stereocenters. The number of hydrogen-bond acceptors (Lipinski definition) is 2. The van der Waals surface area contributed by atoms with Gasteiger partial charge in [-0.1, -0.05) is 50.8 Å². The van der Waals surface area contributed by atoms with Gasteiger partial charge in [-0.3, -0.25) is 0 Å². The lowest BCUT2D eigenvalue weighted by Gasteiger charge is -2.20. The van der Waals surface area contributed by atoms with E-state index in [9.17, 15) is 0 Å². The van der Waals surface area contributed by atoms with Crippen molar-refractivity contribution in [3.8, 4) is 16.9 Å². The fourth-order valence-electron chi connectivity index (χ4n) is 3.77. The lowest BCUT2D eigenvalue weighted by molar-refractivity contribution is 0.211. The van der Waals surface area contributed by atoms with Gasteiger partial charge in [-0.05, 0) is 60.4 Å². The second kappa shape index (κ2) is 8.44. The molecule has 0 unspecified atom stereocenters. The Labute approximate surface area is 158 Å². The largest absolute Gasteiger partial charge is 0.490 e. The first kappa shape index (κ1) is 18.6. The average molecular weight is 350 g/mol. The summed E-state index contributed by atoms with van der Waals surface area (Å²) in [6.45, 7) is 8.59. The van der Waals surface area contributed by atoms with Gasteiger partial charge in [-0.15, -0.1) is 0 Å². The lowest BCUT2D eigenvalue weighted by atomic mass is 9.91. The zero-order valence-corrected chi connectivity index (χ0v) is 16.3.